The predicted molar refractivity (Wildman–Crippen MR) is 104 cm³/mol. The lowest BCUT2D eigenvalue weighted by Gasteiger charge is -2.36. The molecular weight excluding hydrogens is 364 g/mol. The Kier molecular flexibility index (Phi) is 5.07. The first-order chi connectivity index (χ1) is 13.0. The monoisotopic (exact) mass is 388 g/mol. The molecule has 2 aromatic heterocycles. The van der Waals surface area contributed by atoms with Gasteiger partial charge in [-0.1, -0.05) is 0 Å². The molecule has 0 amide bonds. The second-order valence-electron chi connectivity index (χ2n) is 7.09. The number of sulfonamides is 1. The van der Waals surface area contributed by atoms with Gasteiger partial charge in [0.1, 0.15) is 5.82 Å². The van der Waals surface area contributed by atoms with Gasteiger partial charge >= 0.3 is 0 Å². The molecule has 144 valence electrons. The summed E-state index contributed by atoms with van der Waals surface area (Å²) in [4.78, 5) is 18.3. The number of primary sulfonamides is 1. The summed E-state index contributed by atoms with van der Waals surface area (Å²) in [5.74, 6) is 1.76. The number of fused-ring (bicyclic) bond motifs is 1. The van der Waals surface area contributed by atoms with Crippen molar-refractivity contribution in [2.24, 2.45) is 5.14 Å². The van der Waals surface area contributed by atoms with Gasteiger partial charge in [0.2, 0.25) is 10.0 Å². The minimum atomic E-state index is -3.42. The molecule has 1 saturated heterocycles. The van der Waals surface area contributed by atoms with E-state index in [9.17, 15) is 8.42 Å². The molecule has 1 fully saturated rings. The van der Waals surface area contributed by atoms with Crippen LogP contribution in [0.15, 0.2) is 24.5 Å². The largest absolute Gasteiger partial charge is 0.354 e. The number of nitrogens with two attached hydrogens (primary N) is 1. The molecule has 27 heavy (non-hydrogen) atoms. The Morgan fingerprint density at radius 2 is 1.93 bits per heavy atom. The molecule has 0 aromatic carbocycles. The Morgan fingerprint density at radius 3 is 2.63 bits per heavy atom. The van der Waals surface area contributed by atoms with Crippen molar-refractivity contribution in [1.29, 1.82) is 0 Å². The molecule has 0 bridgehead atoms. The number of pyridine rings is 1. The number of rotatable bonds is 5. The highest BCUT2D eigenvalue weighted by Gasteiger charge is 2.26. The maximum absolute atomic E-state index is 11.2. The van der Waals surface area contributed by atoms with Crippen LogP contribution in [0.1, 0.15) is 17.7 Å². The molecule has 9 heteroatoms. The zero-order chi connectivity index (χ0) is 18.9. The number of nitrogens with zero attached hydrogens (tertiary/aromatic N) is 5. The van der Waals surface area contributed by atoms with Crippen molar-refractivity contribution in [2.45, 2.75) is 19.3 Å². The Labute approximate surface area is 159 Å². The van der Waals surface area contributed by atoms with Crippen molar-refractivity contribution in [1.82, 2.24) is 19.9 Å². The second-order valence-corrected chi connectivity index (χ2v) is 8.82. The van der Waals surface area contributed by atoms with E-state index in [0.717, 1.165) is 68.3 Å². The number of anilines is 1. The number of hydrogen-bond donors (Lipinski definition) is 1. The summed E-state index contributed by atoms with van der Waals surface area (Å²) >= 11 is 0. The van der Waals surface area contributed by atoms with Gasteiger partial charge in [-0.05, 0) is 31.4 Å². The van der Waals surface area contributed by atoms with Gasteiger partial charge in [-0.2, -0.15) is 0 Å². The van der Waals surface area contributed by atoms with Crippen LogP contribution in [0.4, 0.5) is 5.82 Å². The lowest BCUT2D eigenvalue weighted by Crippen LogP contribution is -2.48. The van der Waals surface area contributed by atoms with E-state index < -0.39 is 10.0 Å². The van der Waals surface area contributed by atoms with Gasteiger partial charge in [0.15, 0.2) is 5.82 Å². The molecule has 0 radical (unpaired) electrons. The van der Waals surface area contributed by atoms with Gasteiger partial charge in [-0.25, -0.2) is 23.5 Å². The summed E-state index contributed by atoms with van der Waals surface area (Å²) in [5.41, 5.74) is 3.34. The van der Waals surface area contributed by atoms with Crippen molar-refractivity contribution >= 4 is 15.8 Å². The van der Waals surface area contributed by atoms with Gasteiger partial charge in [0, 0.05) is 61.9 Å². The molecule has 1 aliphatic heterocycles. The third-order valence-corrected chi connectivity index (χ3v) is 5.95. The molecule has 2 aliphatic rings. The Bertz CT molecular complexity index is 911. The van der Waals surface area contributed by atoms with Crippen molar-refractivity contribution < 1.29 is 8.42 Å². The Balaban J connectivity index is 1.53. The van der Waals surface area contributed by atoms with Crippen LogP contribution in [0.5, 0.6) is 0 Å². The molecular formula is C18H24N6O2S. The van der Waals surface area contributed by atoms with Gasteiger partial charge in [0.05, 0.1) is 5.75 Å². The minimum Gasteiger partial charge on any atom is -0.354 e. The lowest BCUT2D eigenvalue weighted by atomic mass is 10.2. The second kappa shape index (κ2) is 7.49. The topological polar surface area (TPSA) is 105 Å². The summed E-state index contributed by atoms with van der Waals surface area (Å²) in [6.07, 6.45) is 6.67. The van der Waals surface area contributed by atoms with Crippen molar-refractivity contribution in [2.75, 3.05) is 43.4 Å². The zero-order valence-corrected chi connectivity index (χ0v) is 16.0. The van der Waals surface area contributed by atoms with Crippen molar-refractivity contribution in [3.05, 3.63) is 35.8 Å². The van der Waals surface area contributed by atoms with Crippen LogP contribution in [0, 0.1) is 0 Å². The van der Waals surface area contributed by atoms with E-state index in [-0.39, 0.29) is 5.75 Å². The van der Waals surface area contributed by atoms with E-state index >= 15 is 0 Å². The SMILES string of the molecule is NS(=O)(=O)CCN1CCN(c2nc(-c3cccnc3)nc3c2CCC3)CC1. The highest BCUT2D eigenvalue weighted by molar-refractivity contribution is 7.89. The minimum absolute atomic E-state index is 0.00105. The van der Waals surface area contributed by atoms with Gasteiger partial charge in [0.25, 0.3) is 0 Å². The van der Waals surface area contributed by atoms with E-state index in [4.69, 9.17) is 15.1 Å². The first-order valence-electron chi connectivity index (χ1n) is 9.27. The average Bonchev–Trinajstić information content (AvgIpc) is 3.15. The molecule has 4 rings (SSSR count). The molecule has 2 aromatic rings. The fraction of sp³-hybridized carbons (Fsp3) is 0.500. The summed E-state index contributed by atoms with van der Waals surface area (Å²) < 4.78 is 22.4. The number of hydrogen-bond acceptors (Lipinski definition) is 7. The van der Waals surface area contributed by atoms with Crippen molar-refractivity contribution in [3.8, 4) is 11.4 Å². The highest BCUT2D eigenvalue weighted by atomic mass is 32.2. The summed E-state index contributed by atoms with van der Waals surface area (Å²) in [7, 11) is -3.42. The van der Waals surface area contributed by atoms with Gasteiger partial charge < -0.3 is 4.90 Å². The summed E-state index contributed by atoms with van der Waals surface area (Å²) in [6, 6.07) is 3.88. The quantitative estimate of drug-likeness (QED) is 0.792. The zero-order valence-electron chi connectivity index (χ0n) is 15.2. The van der Waals surface area contributed by atoms with Crippen LogP contribution in [0.3, 0.4) is 0 Å². The molecule has 0 spiro atoms. The first kappa shape index (κ1) is 18.3. The van der Waals surface area contributed by atoms with Crippen LogP contribution in [-0.4, -0.2) is 66.7 Å². The summed E-state index contributed by atoms with van der Waals surface area (Å²) in [5, 5.41) is 5.12. The van der Waals surface area contributed by atoms with E-state index in [2.05, 4.69) is 14.8 Å². The number of aromatic nitrogens is 3. The molecule has 1 aliphatic carbocycles. The van der Waals surface area contributed by atoms with Crippen LogP contribution in [-0.2, 0) is 22.9 Å². The predicted octanol–water partition coefficient (Wildman–Crippen LogP) is 0.438. The maximum Gasteiger partial charge on any atom is 0.210 e. The standard InChI is InChI=1S/C18H24N6O2S/c19-27(25,26)12-11-23-7-9-24(10-8-23)18-15-4-1-5-16(15)21-17(22-18)14-3-2-6-20-13-14/h2-3,6,13H,1,4-5,7-12H2,(H2,19,25,26). The number of piperazine rings is 1. The molecule has 0 unspecified atom stereocenters. The van der Waals surface area contributed by atoms with E-state index in [1.807, 2.05) is 12.1 Å². The van der Waals surface area contributed by atoms with Gasteiger partial charge in [-0.3, -0.25) is 9.88 Å². The fourth-order valence-electron chi connectivity index (χ4n) is 3.74. The molecule has 3 heterocycles. The Hall–Kier alpha value is -2.10. The third kappa shape index (κ3) is 4.26. The average molecular weight is 388 g/mol. The normalized spacial score (nSPS) is 17.9. The van der Waals surface area contributed by atoms with Crippen LogP contribution < -0.4 is 10.0 Å². The smallest absolute Gasteiger partial charge is 0.210 e. The maximum atomic E-state index is 11.2. The van der Waals surface area contributed by atoms with Gasteiger partial charge in [-0.15, -0.1) is 0 Å². The molecule has 2 N–H and O–H groups in total. The third-order valence-electron chi connectivity index (χ3n) is 5.19. The highest BCUT2D eigenvalue weighted by Crippen LogP contribution is 2.31. The first-order valence-corrected chi connectivity index (χ1v) is 11.0. The lowest BCUT2D eigenvalue weighted by molar-refractivity contribution is 0.271. The summed E-state index contributed by atoms with van der Waals surface area (Å²) in [6.45, 7) is 3.73. The number of aryl methyl sites for hydroxylation is 1. The molecule has 8 nitrogen and oxygen atoms in total. The van der Waals surface area contributed by atoms with Crippen LogP contribution in [0.25, 0.3) is 11.4 Å². The van der Waals surface area contributed by atoms with E-state index in [1.165, 1.54) is 5.56 Å². The van der Waals surface area contributed by atoms with Crippen LogP contribution >= 0.6 is 0 Å². The van der Waals surface area contributed by atoms with Crippen LogP contribution in [0.2, 0.25) is 0 Å². The molecule has 0 saturated carbocycles. The molecule has 0 atom stereocenters. The van der Waals surface area contributed by atoms with E-state index in [0.29, 0.717) is 6.54 Å². The van der Waals surface area contributed by atoms with Crippen molar-refractivity contribution in [3.63, 3.8) is 0 Å². The van der Waals surface area contributed by atoms with E-state index in [1.54, 1.807) is 12.4 Å². The Morgan fingerprint density at radius 1 is 1.11 bits per heavy atom. The fourth-order valence-corrected chi connectivity index (χ4v) is 4.25.